The Bertz CT molecular complexity index is 1190. The van der Waals surface area contributed by atoms with E-state index in [1.165, 1.54) is 29.2 Å². The van der Waals surface area contributed by atoms with Crippen LogP contribution in [0.4, 0.5) is 29.5 Å². The summed E-state index contributed by atoms with van der Waals surface area (Å²) in [6.45, 7) is 2.03. The maximum atomic E-state index is 13.1. The average molecular weight is 440 g/mol. The van der Waals surface area contributed by atoms with E-state index in [9.17, 15) is 22.8 Å². The molecule has 0 saturated carbocycles. The predicted octanol–water partition coefficient (Wildman–Crippen LogP) is 5.49. The number of hydrogen-bond acceptors (Lipinski definition) is 4. The maximum absolute atomic E-state index is 13.1. The molecule has 4 rings (SSSR count). The Kier molecular flexibility index (Phi) is 5.65. The lowest BCUT2D eigenvalue weighted by Gasteiger charge is -2.22. The topological polar surface area (TPSA) is 75.2 Å². The number of rotatable bonds is 2. The van der Waals surface area contributed by atoms with Gasteiger partial charge in [0.2, 0.25) is 0 Å². The number of carbonyl (C=O) groups excluding carboxylic acids is 2. The number of hydrogen-bond donors (Lipinski definition) is 1. The van der Waals surface area contributed by atoms with Crippen LogP contribution < -0.4 is 10.2 Å². The van der Waals surface area contributed by atoms with Crippen LogP contribution in [-0.2, 0) is 6.18 Å². The lowest BCUT2D eigenvalue weighted by Crippen LogP contribution is -2.36. The highest BCUT2D eigenvalue weighted by atomic mass is 19.4. The summed E-state index contributed by atoms with van der Waals surface area (Å²) in [7, 11) is 0. The van der Waals surface area contributed by atoms with Crippen molar-refractivity contribution in [2.75, 3.05) is 16.8 Å². The molecular weight excluding hydrogens is 421 g/mol. The summed E-state index contributed by atoms with van der Waals surface area (Å²) in [5, 5.41) is 2.77. The average Bonchev–Trinajstić information content (AvgIpc) is 2.92. The zero-order valence-electron chi connectivity index (χ0n) is 17.1. The summed E-state index contributed by atoms with van der Waals surface area (Å²) >= 11 is 0. The molecule has 0 spiro atoms. The SMILES string of the molecule is Cc1cc(NC(=O)N2CCCC(=O)c3ccc(-c4cccc(C(F)(F)F)c4)nc32)ccn1. The lowest BCUT2D eigenvalue weighted by molar-refractivity contribution is -0.137. The van der Waals surface area contributed by atoms with Gasteiger partial charge >= 0.3 is 12.2 Å². The molecule has 0 saturated heterocycles. The van der Waals surface area contributed by atoms with Crippen LogP contribution >= 0.6 is 0 Å². The van der Waals surface area contributed by atoms with E-state index in [-0.39, 0.29) is 41.4 Å². The molecule has 1 aromatic carbocycles. The minimum atomic E-state index is -4.49. The first-order valence-electron chi connectivity index (χ1n) is 9.95. The number of ketones is 1. The Morgan fingerprint density at radius 2 is 1.94 bits per heavy atom. The second-order valence-electron chi connectivity index (χ2n) is 7.44. The van der Waals surface area contributed by atoms with Crippen molar-refractivity contribution in [3.63, 3.8) is 0 Å². The molecule has 3 aromatic rings. The third-order valence-electron chi connectivity index (χ3n) is 5.10. The largest absolute Gasteiger partial charge is 0.416 e. The zero-order valence-corrected chi connectivity index (χ0v) is 17.1. The summed E-state index contributed by atoms with van der Waals surface area (Å²) in [5.74, 6) is -0.0381. The third kappa shape index (κ3) is 4.46. The first-order chi connectivity index (χ1) is 15.2. The van der Waals surface area contributed by atoms with Crippen molar-refractivity contribution in [2.45, 2.75) is 25.9 Å². The van der Waals surface area contributed by atoms with Crippen molar-refractivity contribution in [1.29, 1.82) is 0 Å². The van der Waals surface area contributed by atoms with Crippen LogP contribution in [0.1, 0.15) is 34.5 Å². The van der Waals surface area contributed by atoms with Crippen molar-refractivity contribution >= 4 is 23.3 Å². The minimum absolute atomic E-state index is 0.130. The van der Waals surface area contributed by atoms with Crippen molar-refractivity contribution in [2.24, 2.45) is 0 Å². The van der Waals surface area contributed by atoms with E-state index < -0.39 is 17.8 Å². The Balaban J connectivity index is 1.73. The number of alkyl halides is 3. The number of urea groups is 1. The predicted molar refractivity (Wildman–Crippen MR) is 114 cm³/mol. The van der Waals surface area contributed by atoms with Crippen LogP contribution in [-0.4, -0.2) is 28.3 Å². The van der Waals surface area contributed by atoms with Gasteiger partial charge in [-0.15, -0.1) is 0 Å². The van der Waals surface area contributed by atoms with E-state index in [2.05, 4.69) is 15.3 Å². The summed E-state index contributed by atoms with van der Waals surface area (Å²) in [6, 6.07) is 10.7. The van der Waals surface area contributed by atoms with Crippen LogP contribution in [0.3, 0.4) is 0 Å². The smallest absolute Gasteiger partial charge is 0.307 e. The summed E-state index contributed by atoms with van der Waals surface area (Å²) in [5.41, 5.74) is 1.20. The van der Waals surface area contributed by atoms with E-state index in [0.29, 0.717) is 12.1 Å². The summed E-state index contributed by atoms with van der Waals surface area (Å²) in [4.78, 5) is 35.5. The molecule has 3 heterocycles. The van der Waals surface area contributed by atoms with Gasteiger partial charge in [-0.3, -0.25) is 14.7 Å². The van der Waals surface area contributed by atoms with Gasteiger partial charge in [-0.05, 0) is 49.7 Å². The van der Waals surface area contributed by atoms with E-state index in [4.69, 9.17) is 0 Å². The van der Waals surface area contributed by atoms with Gasteiger partial charge in [0.15, 0.2) is 5.78 Å². The molecule has 0 atom stereocenters. The molecule has 0 aliphatic carbocycles. The molecule has 1 aliphatic rings. The molecule has 1 N–H and O–H groups in total. The second-order valence-corrected chi connectivity index (χ2v) is 7.44. The lowest BCUT2D eigenvalue weighted by atomic mass is 10.0. The van der Waals surface area contributed by atoms with Crippen LogP contribution in [0, 0.1) is 6.92 Å². The molecule has 1 aliphatic heterocycles. The molecule has 0 fully saturated rings. The number of anilines is 2. The maximum Gasteiger partial charge on any atom is 0.416 e. The summed E-state index contributed by atoms with van der Waals surface area (Å²) < 4.78 is 39.4. The highest BCUT2D eigenvalue weighted by Crippen LogP contribution is 2.33. The molecular formula is C23H19F3N4O2. The van der Waals surface area contributed by atoms with Crippen LogP contribution in [0.25, 0.3) is 11.3 Å². The molecule has 0 unspecified atom stereocenters. The number of aromatic nitrogens is 2. The normalized spacial score (nSPS) is 14.0. The van der Waals surface area contributed by atoms with Gasteiger partial charge in [0.25, 0.3) is 0 Å². The van der Waals surface area contributed by atoms with Crippen LogP contribution in [0.15, 0.2) is 54.7 Å². The molecule has 6 nitrogen and oxygen atoms in total. The first-order valence-corrected chi connectivity index (χ1v) is 9.95. The molecule has 32 heavy (non-hydrogen) atoms. The molecule has 2 amide bonds. The van der Waals surface area contributed by atoms with Gasteiger partial charge in [-0.2, -0.15) is 13.2 Å². The van der Waals surface area contributed by atoms with E-state index in [1.54, 1.807) is 25.3 Å². The number of carbonyl (C=O) groups is 2. The van der Waals surface area contributed by atoms with Crippen LogP contribution in [0.5, 0.6) is 0 Å². The third-order valence-corrected chi connectivity index (χ3v) is 5.10. The van der Waals surface area contributed by atoms with Crippen molar-refractivity contribution in [3.05, 3.63) is 71.5 Å². The number of fused-ring (bicyclic) bond motifs is 1. The van der Waals surface area contributed by atoms with Gasteiger partial charge in [-0.1, -0.05) is 12.1 Å². The molecule has 0 radical (unpaired) electrons. The van der Waals surface area contributed by atoms with E-state index in [0.717, 1.165) is 17.8 Å². The Morgan fingerprint density at radius 3 is 2.69 bits per heavy atom. The number of amides is 2. The molecule has 2 aromatic heterocycles. The molecule has 164 valence electrons. The highest BCUT2D eigenvalue weighted by Gasteiger charge is 2.31. The number of benzene rings is 1. The van der Waals surface area contributed by atoms with Gasteiger partial charge < -0.3 is 5.32 Å². The number of nitrogens with zero attached hydrogens (tertiary/aromatic N) is 3. The fourth-order valence-electron chi connectivity index (χ4n) is 3.54. The van der Waals surface area contributed by atoms with E-state index >= 15 is 0 Å². The number of halogens is 3. The molecule has 0 bridgehead atoms. The number of pyridine rings is 2. The quantitative estimate of drug-likeness (QED) is 0.572. The number of Topliss-reactive ketones (excluding diaryl/α,β-unsaturated/α-hetero) is 1. The second kappa shape index (κ2) is 8.41. The van der Waals surface area contributed by atoms with Crippen molar-refractivity contribution in [1.82, 2.24) is 9.97 Å². The standard InChI is InChI=1S/C23H19F3N4O2/c1-14-12-17(9-10-27-14)28-22(32)30-11-3-6-20(31)18-7-8-19(29-21(18)30)15-4-2-5-16(13-15)23(24,25)26/h2,4-5,7-10,12-13H,3,6,11H2,1H3,(H,27,28,32). The van der Waals surface area contributed by atoms with Crippen molar-refractivity contribution in [3.8, 4) is 11.3 Å². The van der Waals surface area contributed by atoms with Crippen molar-refractivity contribution < 1.29 is 22.8 Å². The highest BCUT2D eigenvalue weighted by molar-refractivity contribution is 6.08. The van der Waals surface area contributed by atoms with Crippen LogP contribution in [0.2, 0.25) is 0 Å². The number of aryl methyl sites for hydroxylation is 1. The fourth-order valence-corrected chi connectivity index (χ4v) is 3.54. The Hall–Kier alpha value is -3.75. The first kappa shape index (κ1) is 21.5. The summed E-state index contributed by atoms with van der Waals surface area (Å²) in [6.07, 6.45) is -2.24. The van der Waals surface area contributed by atoms with Gasteiger partial charge in [-0.25, -0.2) is 9.78 Å². The minimum Gasteiger partial charge on any atom is -0.307 e. The van der Waals surface area contributed by atoms with Gasteiger partial charge in [0.05, 0.1) is 16.8 Å². The Morgan fingerprint density at radius 1 is 1.12 bits per heavy atom. The Labute approximate surface area is 182 Å². The monoisotopic (exact) mass is 440 g/mol. The molecule has 9 heteroatoms. The van der Waals surface area contributed by atoms with Gasteiger partial charge in [0, 0.05) is 36.1 Å². The zero-order chi connectivity index (χ0) is 22.9. The number of nitrogens with one attached hydrogen (secondary N) is 1. The fraction of sp³-hybridized carbons (Fsp3) is 0.217. The van der Waals surface area contributed by atoms with Gasteiger partial charge in [0.1, 0.15) is 5.82 Å². The van der Waals surface area contributed by atoms with E-state index in [1.807, 2.05) is 0 Å².